The van der Waals surface area contributed by atoms with Crippen molar-refractivity contribution >= 4 is 61.6 Å². The molecule has 32 heavy (non-hydrogen) atoms. The molecule has 0 saturated heterocycles. The van der Waals surface area contributed by atoms with E-state index in [1.54, 1.807) is 47.2 Å². The molecule has 0 spiro atoms. The van der Waals surface area contributed by atoms with Crippen LogP contribution < -0.4 is 4.72 Å². The molecule has 4 aromatic rings. The van der Waals surface area contributed by atoms with E-state index in [2.05, 4.69) is 5.10 Å². The average molecular weight is 513 g/mol. The summed E-state index contributed by atoms with van der Waals surface area (Å²) >= 11 is 18.3. The fourth-order valence-corrected chi connectivity index (χ4v) is 4.17. The minimum atomic E-state index is -3.91. The Labute approximate surface area is 197 Å². The fraction of sp³-hybridized carbons (Fsp3) is 0.0476. The summed E-state index contributed by atoms with van der Waals surface area (Å²) in [6.45, 7) is 0. The van der Waals surface area contributed by atoms with E-state index in [9.17, 15) is 13.2 Å². The summed E-state index contributed by atoms with van der Waals surface area (Å²) in [4.78, 5) is 12.3. The lowest BCUT2D eigenvalue weighted by molar-refractivity contribution is 0.0977. The minimum Gasteiger partial charge on any atom is -0.268 e. The van der Waals surface area contributed by atoms with Gasteiger partial charge in [-0.05, 0) is 42.5 Å². The number of fused-ring (bicyclic) bond motifs is 1. The van der Waals surface area contributed by atoms with Crippen LogP contribution in [-0.4, -0.2) is 30.4 Å². The van der Waals surface area contributed by atoms with Crippen LogP contribution >= 0.6 is 34.8 Å². The second kappa shape index (κ2) is 8.37. The van der Waals surface area contributed by atoms with Gasteiger partial charge in [0.05, 0.1) is 17.3 Å². The van der Waals surface area contributed by atoms with Crippen LogP contribution in [0, 0.1) is 5.82 Å². The molecule has 0 saturated carbocycles. The van der Waals surface area contributed by atoms with Gasteiger partial charge in [0.15, 0.2) is 5.82 Å². The van der Waals surface area contributed by atoms with Crippen molar-refractivity contribution in [3.8, 4) is 16.9 Å². The number of amides is 1. The van der Waals surface area contributed by atoms with Crippen LogP contribution in [0.5, 0.6) is 0 Å². The number of nitrogens with one attached hydrogen (secondary N) is 1. The quantitative estimate of drug-likeness (QED) is 0.392. The first-order chi connectivity index (χ1) is 15.0. The smallest absolute Gasteiger partial charge is 0.267 e. The third-order valence-corrected chi connectivity index (χ3v) is 5.79. The van der Waals surface area contributed by atoms with Gasteiger partial charge in [0.2, 0.25) is 10.0 Å². The zero-order chi connectivity index (χ0) is 23.2. The van der Waals surface area contributed by atoms with Crippen molar-refractivity contribution in [2.45, 2.75) is 0 Å². The molecule has 4 rings (SSSR count). The van der Waals surface area contributed by atoms with Crippen molar-refractivity contribution in [3.05, 3.63) is 81.0 Å². The maximum Gasteiger partial charge on any atom is 0.267 e. The fourth-order valence-electron chi connectivity index (χ4n) is 3.21. The molecule has 0 radical (unpaired) electrons. The second-order valence-corrected chi connectivity index (χ2v) is 9.98. The summed E-state index contributed by atoms with van der Waals surface area (Å²) in [5.41, 5.74) is 1.03. The molecule has 1 heterocycles. The highest BCUT2D eigenvalue weighted by Crippen LogP contribution is 2.34. The van der Waals surface area contributed by atoms with E-state index in [-0.39, 0.29) is 10.7 Å². The Kier molecular flexibility index (Phi) is 5.89. The Balaban J connectivity index is 1.96. The molecule has 0 bridgehead atoms. The molecule has 11 heteroatoms. The molecule has 0 unspecified atom stereocenters. The highest BCUT2D eigenvalue weighted by atomic mass is 35.5. The van der Waals surface area contributed by atoms with E-state index >= 15 is 4.39 Å². The zero-order valence-electron chi connectivity index (χ0n) is 16.2. The maximum atomic E-state index is 15.4. The number of carbonyl (C=O) groups excluding carboxylic acids is 1. The SMILES string of the molecule is CS(=O)(=O)NC(=O)c1cc(Cl)cc(-n2nc(-c3ccc(Cl)cc3)c3cc(Cl)ccc32)c1F. The van der Waals surface area contributed by atoms with Crippen LogP contribution in [0.15, 0.2) is 54.6 Å². The lowest BCUT2D eigenvalue weighted by Gasteiger charge is -2.10. The number of hydrogen-bond acceptors (Lipinski definition) is 4. The first-order valence-corrected chi connectivity index (χ1v) is 12.0. The van der Waals surface area contributed by atoms with Crippen LogP contribution in [0.25, 0.3) is 27.8 Å². The predicted octanol–water partition coefficient (Wildman–Crippen LogP) is 5.48. The van der Waals surface area contributed by atoms with E-state index in [0.29, 0.717) is 32.2 Å². The van der Waals surface area contributed by atoms with Gasteiger partial charge in [-0.25, -0.2) is 22.2 Å². The molecular weight excluding hydrogens is 500 g/mol. The molecule has 0 aliphatic carbocycles. The van der Waals surface area contributed by atoms with E-state index in [1.165, 1.54) is 10.7 Å². The van der Waals surface area contributed by atoms with E-state index < -0.39 is 27.3 Å². The Morgan fingerprint density at radius 1 is 0.969 bits per heavy atom. The molecular formula is C21H13Cl3FN3O3S. The first kappa shape index (κ1) is 22.5. The molecule has 6 nitrogen and oxygen atoms in total. The van der Waals surface area contributed by atoms with Crippen molar-refractivity contribution in [1.29, 1.82) is 0 Å². The predicted molar refractivity (Wildman–Crippen MR) is 124 cm³/mol. The van der Waals surface area contributed by atoms with Crippen LogP contribution in [0.1, 0.15) is 10.4 Å². The molecule has 1 aromatic heterocycles. The molecule has 164 valence electrons. The van der Waals surface area contributed by atoms with E-state index in [0.717, 1.165) is 12.3 Å². The van der Waals surface area contributed by atoms with Gasteiger partial charge < -0.3 is 0 Å². The third-order valence-electron chi connectivity index (χ3n) is 4.53. The monoisotopic (exact) mass is 511 g/mol. The van der Waals surface area contributed by atoms with Crippen molar-refractivity contribution in [2.75, 3.05) is 6.26 Å². The summed E-state index contributed by atoms with van der Waals surface area (Å²) in [5.74, 6) is -2.14. The van der Waals surface area contributed by atoms with Crippen molar-refractivity contribution in [3.63, 3.8) is 0 Å². The summed E-state index contributed by atoms with van der Waals surface area (Å²) < 4.78 is 41.3. The number of sulfonamides is 1. The lowest BCUT2D eigenvalue weighted by Crippen LogP contribution is -2.30. The highest BCUT2D eigenvalue weighted by molar-refractivity contribution is 7.89. The summed E-state index contributed by atoms with van der Waals surface area (Å²) in [6.07, 6.45) is 0.789. The molecule has 0 fully saturated rings. The van der Waals surface area contributed by atoms with Crippen molar-refractivity contribution in [1.82, 2.24) is 14.5 Å². The van der Waals surface area contributed by atoms with Crippen LogP contribution in [0.2, 0.25) is 15.1 Å². The highest BCUT2D eigenvalue weighted by Gasteiger charge is 2.23. The van der Waals surface area contributed by atoms with Gasteiger partial charge in [-0.2, -0.15) is 5.10 Å². The van der Waals surface area contributed by atoms with Gasteiger partial charge in [0.1, 0.15) is 11.4 Å². The van der Waals surface area contributed by atoms with Gasteiger partial charge in [-0.1, -0.05) is 46.9 Å². The van der Waals surface area contributed by atoms with Gasteiger partial charge in [0.25, 0.3) is 5.91 Å². The second-order valence-electron chi connectivity index (χ2n) is 6.92. The number of halogens is 4. The minimum absolute atomic E-state index is 0.0192. The first-order valence-electron chi connectivity index (χ1n) is 8.99. The Morgan fingerprint density at radius 3 is 2.28 bits per heavy atom. The summed E-state index contributed by atoms with van der Waals surface area (Å²) in [7, 11) is -3.91. The average Bonchev–Trinajstić information content (AvgIpc) is 3.07. The Morgan fingerprint density at radius 2 is 1.62 bits per heavy atom. The Hall–Kier alpha value is -2.65. The number of carbonyl (C=O) groups is 1. The maximum absolute atomic E-state index is 15.4. The van der Waals surface area contributed by atoms with Crippen molar-refractivity contribution < 1.29 is 17.6 Å². The van der Waals surface area contributed by atoms with Gasteiger partial charge in [0, 0.05) is 26.0 Å². The van der Waals surface area contributed by atoms with Gasteiger partial charge in [-0.15, -0.1) is 0 Å². The van der Waals surface area contributed by atoms with Gasteiger partial charge >= 0.3 is 0 Å². The van der Waals surface area contributed by atoms with Crippen LogP contribution in [-0.2, 0) is 10.0 Å². The Bertz CT molecular complexity index is 1490. The third kappa shape index (κ3) is 4.45. The lowest BCUT2D eigenvalue weighted by atomic mass is 10.1. The standard InChI is InChI=1S/C21H13Cl3FN3O3S/c1-32(30,31)27-21(29)16-9-14(24)10-18(19(16)25)28-17-7-6-13(23)8-15(17)20(26-28)11-2-4-12(22)5-3-11/h2-10H,1H3,(H,27,29). The van der Waals surface area contributed by atoms with Crippen LogP contribution in [0.4, 0.5) is 4.39 Å². The van der Waals surface area contributed by atoms with E-state index in [1.807, 2.05) is 0 Å². The van der Waals surface area contributed by atoms with Crippen molar-refractivity contribution in [2.24, 2.45) is 0 Å². The number of benzene rings is 3. The number of nitrogens with zero attached hydrogens (tertiary/aromatic N) is 2. The zero-order valence-corrected chi connectivity index (χ0v) is 19.3. The van der Waals surface area contributed by atoms with E-state index in [4.69, 9.17) is 34.8 Å². The number of aromatic nitrogens is 2. The topological polar surface area (TPSA) is 81.1 Å². The molecule has 3 aromatic carbocycles. The molecule has 0 aliphatic heterocycles. The molecule has 1 N–H and O–H groups in total. The van der Waals surface area contributed by atoms with Crippen LogP contribution in [0.3, 0.4) is 0 Å². The summed E-state index contributed by atoms with van der Waals surface area (Å²) in [6, 6.07) is 14.2. The number of hydrogen-bond donors (Lipinski definition) is 1. The number of rotatable bonds is 4. The summed E-state index contributed by atoms with van der Waals surface area (Å²) in [5, 5.41) is 6.18. The van der Waals surface area contributed by atoms with Gasteiger partial charge in [-0.3, -0.25) is 4.79 Å². The largest absolute Gasteiger partial charge is 0.268 e. The molecule has 0 atom stereocenters. The molecule has 1 amide bonds. The normalized spacial score (nSPS) is 11.7. The molecule has 0 aliphatic rings.